The predicted octanol–water partition coefficient (Wildman–Crippen LogP) is 1.80. The lowest BCUT2D eigenvalue weighted by Crippen LogP contribution is -2.54. The van der Waals surface area contributed by atoms with Gasteiger partial charge in [-0.2, -0.15) is 0 Å². The van der Waals surface area contributed by atoms with Gasteiger partial charge in [0.2, 0.25) is 0 Å². The van der Waals surface area contributed by atoms with E-state index in [-0.39, 0.29) is 65.3 Å². The van der Waals surface area contributed by atoms with Crippen LogP contribution in [0.25, 0.3) is 0 Å². The number of esters is 4. The summed E-state index contributed by atoms with van der Waals surface area (Å²) in [5.74, 6) is -4.28. The van der Waals surface area contributed by atoms with Crippen molar-refractivity contribution in [2.75, 3.05) is 91.6 Å². The Morgan fingerprint density at radius 3 is 1.16 bits per heavy atom. The molecule has 17 heteroatoms. The fraction of sp³-hybridized carbons (Fsp3) is 0.842. The first-order valence-electron chi connectivity index (χ1n) is 18.9. The minimum Gasteiger partial charge on any atom is -0.480 e. The molecule has 1 atom stereocenters. The van der Waals surface area contributed by atoms with Crippen molar-refractivity contribution in [3.8, 4) is 0 Å². The Morgan fingerprint density at radius 1 is 0.509 bits per heavy atom. The Morgan fingerprint density at radius 2 is 0.818 bits per heavy atom. The SMILES string of the molecule is CC(C)(C)OC(=O)CN1CCN(CC(=O)OC(C)(C)C)CCN(CC(=O)OC(C)(C)C)C(CCN(CC(=O)O)CC(=O)O)CN(CC(=O)OC(C)(C)C)CC1. The standard InChI is InChI=1S/C38H69N5O12/c1-35(2,3)52-31(48)24-39-15-16-40(25-32(49)53-36(4,5)6)19-20-43(27-34(51)55-38(10,11)12)28(13-14-41(22-29(44)45)23-30(46)47)21-42(18-17-39)26-33(50)54-37(7,8)9/h28H,13-27H2,1-12H3,(H,44,45)(H,46,47). The molecule has 0 radical (unpaired) electrons. The van der Waals surface area contributed by atoms with Gasteiger partial charge in [0.25, 0.3) is 0 Å². The van der Waals surface area contributed by atoms with E-state index in [9.17, 15) is 39.0 Å². The second-order valence-corrected chi connectivity index (χ2v) is 18.0. The zero-order chi connectivity index (χ0) is 42.4. The summed E-state index contributed by atoms with van der Waals surface area (Å²) in [6.45, 7) is 21.8. The summed E-state index contributed by atoms with van der Waals surface area (Å²) in [5, 5.41) is 19.1. The maximum absolute atomic E-state index is 13.4. The third-order valence-electron chi connectivity index (χ3n) is 7.72. The van der Waals surface area contributed by atoms with Crippen molar-refractivity contribution in [1.29, 1.82) is 0 Å². The zero-order valence-electron chi connectivity index (χ0n) is 35.4. The zero-order valence-corrected chi connectivity index (χ0v) is 35.4. The van der Waals surface area contributed by atoms with Gasteiger partial charge in [-0.15, -0.1) is 0 Å². The molecule has 0 aliphatic carbocycles. The van der Waals surface area contributed by atoms with Crippen LogP contribution >= 0.6 is 0 Å². The Hall–Kier alpha value is -3.38. The van der Waals surface area contributed by atoms with Gasteiger partial charge in [-0.1, -0.05) is 0 Å². The highest BCUT2D eigenvalue weighted by atomic mass is 16.6. The van der Waals surface area contributed by atoms with Gasteiger partial charge in [-0.25, -0.2) is 0 Å². The van der Waals surface area contributed by atoms with Gasteiger partial charge in [-0.3, -0.25) is 53.3 Å². The fourth-order valence-electron chi connectivity index (χ4n) is 5.83. The number of hydrogen-bond donors (Lipinski definition) is 2. The van der Waals surface area contributed by atoms with E-state index >= 15 is 0 Å². The van der Waals surface area contributed by atoms with Gasteiger partial charge < -0.3 is 29.2 Å². The molecule has 1 unspecified atom stereocenters. The van der Waals surface area contributed by atoms with Crippen LogP contribution in [-0.4, -0.2) is 191 Å². The summed E-state index contributed by atoms with van der Waals surface area (Å²) < 4.78 is 22.6. The van der Waals surface area contributed by atoms with Gasteiger partial charge in [0, 0.05) is 58.4 Å². The molecule has 1 fully saturated rings. The second kappa shape index (κ2) is 21.8. The number of carbonyl (C=O) groups is 6. The lowest BCUT2D eigenvalue weighted by atomic mass is 10.1. The highest BCUT2D eigenvalue weighted by Crippen LogP contribution is 2.16. The van der Waals surface area contributed by atoms with Crippen LogP contribution in [-0.2, 0) is 47.7 Å². The van der Waals surface area contributed by atoms with Crippen LogP contribution in [0.5, 0.6) is 0 Å². The monoisotopic (exact) mass is 787 g/mol. The molecule has 0 aromatic carbocycles. The quantitative estimate of drug-likeness (QED) is 0.180. The molecule has 1 aliphatic heterocycles. The highest BCUT2D eigenvalue weighted by molar-refractivity contribution is 5.74. The molecule has 0 aromatic heterocycles. The molecular formula is C38H69N5O12. The predicted molar refractivity (Wildman–Crippen MR) is 204 cm³/mol. The average molecular weight is 788 g/mol. The fourth-order valence-corrected chi connectivity index (χ4v) is 5.83. The van der Waals surface area contributed by atoms with Crippen molar-refractivity contribution in [2.45, 2.75) is 118 Å². The Kier molecular flexibility index (Phi) is 19.7. The molecule has 2 N–H and O–H groups in total. The maximum atomic E-state index is 13.4. The lowest BCUT2D eigenvalue weighted by molar-refractivity contribution is -0.160. The largest absolute Gasteiger partial charge is 0.480 e. The number of aliphatic carboxylic acids is 2. The smallest absolute Gasteiger partial charge is 0.320 e. The van der Waals surface area contributed by atoms with E-state index < -0.39 is 77.4 Å². The first-order valence-corrected chi connectivity index (χ1v) is 18.9. The molecule has 1 aliphatic rings. The van der Waals surface area contributed by atoms with Crippen LogP contribution < -0.4 is 0 Å². The minimum atomic E-state index is -1.19. The lowest BCUT2D eigenvalue weighted by Gasteiger charge is -2.39. The molecule has 17 nitrogen and oxygen atoms in total. The van der Waals surface area contributed by atoms with Crippen LogP contribution in [0.15, 0.2) is 0 Å². The molecule has 55 heavy (non-hydrogen) atoms. The summed E-state index contributed by atoms with van der Waals surface area (Å²) in [6.07, 6.45) is 0.210. The molecule has 0 bridgehead atoms. The van der Waals surface area contributed by atoms with Crippen LogP contribution in [0, 0.1) is 0 Å². The number of carbonyl (C=O) groups excluding carboxylic acids is 4. The summed E-state index contributed by atoms with van der Waals surface area (Å²) in [5.41, 5.74) is -2.99. The van der Waals surface area contributed by atoms with Crippen molar-refractivity contribution in [3.05, 3.63) is 0 Å². The van der Waals surface area contributed by atoms with E-state index in [1.807, 2.05) is 19.6 Å². The number of ether oxygens (including phenoxy) is 4. The number of carboxylic acids is 2. The molecule has 1 saturated heterocycles. The molecule has 0 amide bonds. The van der Waals surface area contributed by atoms with Gasteiger partial charge in [0.15, 0.2) is 0 Å². The van der Waals surface area contributed by atoms with E-state index in [0.29, 0.717) is 19.6 Å². The van der Waals surface area contributed by atoms with Gasteiger partial charge in [-0.05, 0) is 89.5 Å². The van der Waals surface area contributed by atoms with Crippen molar-refractivity contribution in [2.24, 2.45) is 0 Å². The van der Waals surface area contributed by atoms with Crippen LogP contribution in [0.4, 0.5) is 0 Å². The summed E-state index contributed by atoms with van der Waals surface area (Å²) in [7, 11) is 0. The Balaban J connectivity index is 3.75. The van der Waals surface area contributed by atoms with E-state index in [0.717, 1.165) is 0 Å². The first kappa shape index (κ1) is 49.6. The number of rotatable bonds is 15. The van der Waals surface area contributed by atoms with E-state index in [2.05, 4.69) is 0 Å². The Labute approximate surface area is 327 Å². The van der Waals surface area contributed by atoms with Crippen molar-refractivity contribution >= 4 is 35.8 Å². The average Bonchev–Trinajstić information content (AvgIpc) is 2.92. The molecule has 1 rings (SSSR count). The number of nitrogens with zero attached hydrogens (tertiary/aromatic N) is 5. The van der Waals surface area contributed by atoms with Crippen molar-refractivity contribution < 1.29 is 57.9 Å². The Bertz CT molecular complexity index is 1270. The van der Waals surface area contributed by atoms with E-state index in [4.69, 9.17) is 18.9 Å². The maximum Gasteiger partial charge on any atom is 0.320 e. The topological polar surface area (TPSA) is 196 Å². The molecule has 0 aromatic rings. The minimum absolute atomic E-state index is 0.0424. The summed E-state index contributed by atoms with van der Waals surface area (Å²) in [6, 6.07) is -0.540. The molecule has 1 heterocycles. The molecule has 318 valence electrons. The van der Waals surface area contributed by atoms with Crippen LogP contribution in [0.2, 0.25) is 0 Å². The molecule has 0 saturated carbocycles. The first-order chi connectivity index (χ1) is 25.0. The van der Waals surface area contributed by atoms with Crippen molar-refractivity contribution in [1.82, 2.24) is 24.5 Å². The van der Waals surface area contributed by atoms with Gasteiger partial charge >= 0.3 is 35.8 Å². The molecule has 0 spiro atoms. The normalized spacial score (nSPS) is 18.2. The van der Waals surface area contributed by atoms with E-state index in [1.54, 1.807) is 83.1 Å². The number of carboxylic acid groups (broad SMARTS) is 2. The number of hydrogen-bond acceptors (Lipinski definition) is 15. The third kappa shape index (κ3) is 25.4. The summed E-state index contributed by atoms with van der Waals surface area (Å²) in [4.78, 5) is 85.0. The van der Waals surface area contributed by atoms with Crippen molar-refractivity contribution in [3.63, 3.8) is 0 Å². The van der Waals surface area contributed by atoms with Gasteiger partial charge in [0.1, 0.15) is 22.4 Å². The van der Waals surface area contributed by atoms with Crippen LogP contribution in [0.3, 0.4) is 0 Å². The van der Waals surface area contributed by atoms with Gasteiger partial charge in [0.05, 0.1) is 39.3 Å². The van der Waals surface area contributed by atoms with E-state index in [1.165, 1.54) is 4.90 Å². The third-order valence-corrected chi connectivity index (χ3v) is 7.72. The van der Waals surface area contributed by atoms with Crippen LogP contribution in [0.1, 0.15) is 89.5 Å². The highest BCUT2D eigenvalue weighted by Gasteiger charge is 2.31. The molecular weight excluding hydrogens is 718 g/mol. The summed E-state index contributed by atoms with van der Waals surface area (Å²) >= 11 is 0. The second-order valence-electron chi connectivity index (χ2n) is 18.0.